The van der Waals surface area contributed by atoms with Crippen molar-refractivity contribution in [3.63, 3.8) is 0 Å². The summed E-state index contributed by atoms with van der Waals surface area (Å²) in [5.74, 6) is 0.612. The summed E-state index contributed by atoms with van der Waals surface area (Å²) in [5, 5.41) is 0. The van der Waals surface area contributed by atoms with E-state index in [9.17, 15) is 4.79 Å². The molecule has 11 heavy (non-hydrogen) atoms. The maximum atomic E-state index is 9.90. The van der Waals surface area contributed by atoms with E-state index in [1.807, 2.05) is 0 Å². The van der Waals surface area contributed by atoms with E-state index in [0.717, 1.165) is 32.3 Å². The van der Waals surface area contributed by atoms with Crippen LogP contribution in [0.1, 0.15) is 33.1 Å². The molecule has 0 rings (SSSR count). The molecule has 0 spiro atoms. The van der Waals surface area contributed by atoms with Crippen molar-refractivity contribution in [1.82, 2.24) is 0 Å². The van der Waals surface area contributed by atoms with Crippen molar-refractivity contribution in [2.24, 2.45) is 5.92 Å². The average Bonchev–Trinajstić information content (AvgIpc) is 1.96. The molecule has 0 aromatic rings. The fourth-order valence-electron chi connectivity index (χ4n) is 0.751. The van der Waals surface area contributed by atoms with Crippen LogP contribution in [-0.2, 0) is 9.53 Å². The van der Waals surface area contributed by atoms with Crippen LogP contribution in [0.3, 0.4) is 0 Å². The number of hydrogen-bond acceptors (Lipinski definition) is 2. The normalized spacial score (nSPS) is 10.5. The number of hydrogen-bond donors (Lipinski definition) is 0. The van der Waals surface area contributed by atoms with Crippen LogP contribution < -0.4 is 0 Å². The van der Waals surface area contributed by atoms with Crippen molar-refractivity contribution >= 4 is 6.29 Å². The van der Waals surface area contributed by atoms with Gasteiger partial charge in [-0.3, -0.25) is 0 Å². The first kappa shape index (κ1) is 10.6. The molecule has 0 saturated carbocycles. The number of carbonyl (C=O) groups excluding carboxylic acids is 1. The van der Waals surface area contributed by atoms with Crippen LogP contribution in [0.25, 0.3) is 0 Å². The van der Waals surface area contributed by atoms with Gasteiger partial charge in [0.2, 0.25) is 0 Å². The van der Waals surface area contributed by atoms with Gasteiger partial charge in [-0.2, -0.15) is 0 Å². The molecule has 0 bridgehead atoms. The van der Waals surface area contributed by atoms with Gasteiger partial charge in [0, 0.05) is 19.6 Å². The van der Waals surface area contributed by atoms with E-state index in [4.69, 9.17) is 4.74 Å². The zero-order valence-corrected chi connectivity index (χ0v) is 7.51. The van der Waals surface area contributed by atoms with Crippen molar-refractivity contribution in [3.05, 3.63) is 0 Å². The molecule has 2 heteroatoms. The highest BCUT2D eigenvalue weighted by molar-refractivity contribution is 5.48. The topological polar surface area (TPSA) is 26.3 Å². The third kappa shape index (κ3) is 9.63. The van der Waals surface area contributed by atoms with Gasteiger partial charge in [0.15, 0.2) is 0 Å². The van der Waals surface area contributed by atoms with Crippen LogP contribution in [-0.4, -0.2) is 19.5 Å². The quantitative estimate of drug-likeness (QED) is 0.418. The Kier molecular flexibility index (Phi) is 7.47. The highest BCUT2D eigenvalue weighted by Gasteiger charge is 1.92. The standard InChI is InChI=1S/C9H18O2/c1-9(2)8-11-7-5-3-4-6-10/h6,9H,3-5,7-8H2,1-2H3. The number of aldehydes is 1. The molecule has 0 unspecified atom stereocenters. The fourth-order valence-corrected chi connectivity index (χ4v) is 0.751. The minimum Gasteiger partial charge on any atom is -0.381 e. The van der Waals surface area contributed by atoms with E-state index in [1.54, 1.807) is 0 Å². The molecular formula is C9H18O2. The van der Waals surface area contributed by atoms with Gasteiger partial charge in [0.05, 0.1) is 0 Å². The SMILES string of the molecule is CC(C)COCCCCC=O. The lowest BCUT2D eigenvalue weighted by Gasteiger charge is -2.05. The second-order valence-electron chi connectivity index (χ2n) is 3.13. The van der Waals surface area contributed by atoms with Gasteiger partial charge >= 0.3 is 0 Å². The van der Waals surface area contributed by atoms with Gasteiger partial charge in [-0.25, -0.2) is 0 Å². The van der Waals surface area contributed by atoms with E-state index < -0.39 is 0 Å². The molecule has 0 fully saturated rings. The molecule has 0 aliphatic heterocycles. The molecule has 0 aromatic heterocycles. The van der Waals surface area contributed by atoms with Crippen LogP contribution in [0, 0.1) is 5.92 Å². The summed E-state index contributed by atoms with van der Waals surface area (Å²) in [4.78, 5) is 9.90. The molecule has 66 valence electrons. The Balaban J connectivity index is 2.85. The lowest BCUT2D eigenvalue weighted by Crippen LogP contribution is -2.02. The van der Waals surface area contributed by atoms with Gasteiger partial charge in [-0.05, 0) is 18.8 Å². The summed E-state index contributed by atoms with van der Waals surface area (Å²) in [7, 11) is 0. The molecule has 0 N–H and O–H groups in total. The predicted octanol–water partition coefficient (Wildman–Crippen LogP) is 2.03. The first-order chi connectivity index (χ1) is 5.27. The fraction of sp³-hybridized carbons (Fsp3) is 0.889. The Morgan fingerprint density at radius 2 is 2.09 bits per heavy atom. The molecule has 0 radical (unpaired) electrons. The first-order valence-electron chi connectivity index (χ1n) is 4.28. The summed E-state index contributed by atoms with van der Waals surface area (Å²) in [6.45, 7) is 5.89. The first-order valence-corrected chi connectivity index (χ1v) is 4.28. The Bertz CT molecular complexity index is 89.6. The monoisotopic (exact) mass is 158 g/mol. The van der Waals surface area contributed by atoms with Crippen LogP contribution in [0.4, 0.5) is 0 Å². The van der Waals surface area contributed by atoms with E-state index in [2.05, 4.69) is 13.8 Å². The molecule has 2 nitrogen and oxygen atoms in total. The van der Waals surface area contributed by atoms with Crippen LogP contribution in [0.15, 0.2) is 0 Å². The summed E-state index contributed by atoms with van der Waals surface area (Å²) in [6.07, 6.45) is 3.60. The minimum absolute atomic E-state index is 0.612. The highest BCUT2D eigenvalue weighted by Crippen LogP contribution is 1.96. The largest absolute Gasteiger partial charge is 0.381 e. The van der Waals surface area contributed by atoms with E-state index >= 15 is 0 Å². The molecule has 0 amide bonds. The minimum atomic E-state index is 0.612. The summed E-state index contributed by atoms with van der Waals surface area (Å²) in [5.41, 5.74) is 0. The zero-order chi connectivity index (χ0) is 8.53. The summed E-state index contributed by atoms with van der Waals surface area (Å²) >= 11 is 0. The van der Waals surface area contributed by atoms with Crippen molar-refractivity contribution in [3.8, 4) is 0 Å². The second-order valence-corrected chi connectivity index (χ2v) is 3.13. The predicted molar refractivity (Wildman–Crippen MR) is 45.6 cm³/mol. The number of rotatable bonds is 7. The maximum Gasteiger partial charge on any atom is 0.119 e. The van der Waals surface area contributed by atoms with E-state index in [1.165, 1.54) is 0 Å². The van der Waals surface area contributed by atoms with Gasteiger partial charge in [-0.15, -0.1) is 0 Å². The smallest absolute Gasteiger partial charge is 0.119 e. The molecule has 0 atom stereocenters. The lowest BCUT2D eigenvalue weighted by molar-refractivity contribution is -0.108. The van der Waals surface area contributed by atoms with Gasteiger partial charge < -0.3 is 9.53 Å². The molecule has 0 aromatic carbocycles. The summed E-state index contributed by atoms with van der Waals surface area (Å²) in [6, 6.07) is 0. The van der Waals surface area contributed by atoms with E-state index in [-0.39, 0.29) is 0 Å². The number of unbranched alkanes of at least 4 members (excludes halogenated alkanes) is 2. The number of ether oxygens (including phenoxy) is 1. The van der Waals surface area contributed by atoms with Crippen molar-refractivity contribution in [1.29, 1.82) is 0 Å². The molecule has 0 aliphatic carbocycles. The summed E-state index contributed by atoms with van der Waals surface area (Å²) < 4.78 is 5.33. The molecule has 0 saturated heterocycles. The van der Waals surface area contributed by atoms with Gasteiger partial charge in [0.1, 0.15) is 6.29 Å². The van der Waals surface area contributed by atoms with E-state index in [0.29, 0.717) is 12.3 Å². The second kappa shape index (κ2) is 7.73. The van der Waals surface area contributed by atoms with Crippen molar-refractivity contribution in [2.75, 3.05) is 13.2 Å². The molecule has 0 aliphatic rings. The Labute approximate surface area is 68.9 Å². The van der Waals surface area contributed by atoms with Crippen molar-refractivity contribution in [2.45, 2.75) is 33.1 Å². The van der Waals surface area contributed by atoms with Crippen molar-refractivity contribution < 1.29 is 9.53 Å². The Morgan fingerprint density at radius 1 is 1.36 bits per heavy atom. The lowest BCUT2D eigenvalue weighted by atomic mass is 10.2. The van der Waals surface area contributed by atoms with Gasteiger partial charge in [0.25, 0.3) is 0 Å². The number of carbonyl (C=O) groups is 1. The third-order valence-electron chi connectivity index (χ3n) is 1.31. The zero-order valence-electron chi connectivity index (χ0n) is 7.51. The van der Waals surface area contributed by atoms with Crippen LogP contribution in [0.2, 0.25) is 0 Å². The van der Waals surface area contributed by atoms with Gasteiger partial charge in [-0.1, -0.05) is 13.8 Å². The Hall–Kier alpha value is -0.370. The Morgan fingerprint density at radius 3 is 2.64 bits per heavy atom. The third-order valence-corrected chi connectivity index (χ3v) is 1.31. The van der Waals surface area contributed by atoms with Crippen LogP contribution >= 0.6 is 0 Å². The average molecular weight is 158 g/mol. The van der Waals surface area contributed by atoms with Crippen LogP contribution in [0.5, 0.6) is 0 Å². The molecule has 0 heterocycles. The maximum absolute atomic E-state index is 9.90. The molecular weight excluding hydrogens is 140 g/mol. The highest BCUT2D eigenvalue weighted by atomic mass is 16.5.